The molecule has 9 heteroatoms. The Kier molecular flexibility index (Phi) is 9.53. The predicted octanol–water partition coefficient (Wildman–Crippen LogP) is 5.63. The third-order valence-corrected chi connectivity index (χ3v) is 9.36. The summed E-state index contributed by atoms with van der Waals surface area (Å²) in [5.41, 5.74) is 2.74. The number of benzene rings is 3. The molecule has 40 heavy (non-hydrogen) atoms. The van der Waals surface area contributed by atoms with Gasteiger partial charge in [0.15, 0.2) is 0 Å². The smallest absolute Gasteiger partial charge is 0.264 e. The van der Waals surface area contributed by atoms with E-state index in [0.29, 0.717) is 16.3 Å². The average Bonchev–Trinajstić information content (AvgIpc) is 3.45. The highest BCUT2D eigenvalue weighted by molar-refractivity contribution is 7.92. The first-order chi connectivity index (χ1) is 19.1. The summed E-state index contributed by atoms with van der Waals surface area (Å²) in [6, 6.07) is 19.9. The molecule has 0 bridgehead atoms. The lowest BCUT2D eigenvalue weighted by atomic mass is 10.1. The molecule has 1 aliphatic rings. The number of carbonyl (C=O) groups excluding carboxylic acids is 2. The summed E-state index contributed by atoms with van der Waals surface area (Å²) < 4.78 is 29.1. The van der Waals surface area contributed by atoms with Crippen molar-refractivity contribution >= 4 is 39.1 Å². The van der Waals surface area contributed by atoms with Gasteiger partial charge in [-0.15, -0.1) is 0 Å². The van der Waals surface area contributed by atoms with Gasteiger partial charge in [-0.25, -0.2) is 8.42 Å². The summed E-state index contributed by atoms with van der Waals surface area (Å²) in [7, 11) is -4.10. The fraction of sp³-hybridized carbons (Fsp3) is 0.355. The van der Waals surface area contributed by atoms with Gasteiger partial charge in [-0.05, 0) is 80.6 Å². The van der Waals surface area contributed by atoms with Crippen LogP contribution in [0.15, 0.2) is 77.7 Å². The third kappa shape index (κ3) is 7.04. The first-order valence-electron chi connectivity index (χ1n) is 13.6. The number of sulfonamides is 1. The van der Waals surface area contributed by atoms with Gasteiger partial charge in [0.1, 0.15) is 12.6 Å². The second-order valence-corrected chi connectivity index (χ2v) is 12.7. The monoisotopic (exact) mass is 581 g/mol. The second-order valence-electron chi connectivity index (χ2n) is 10.4. The van der Waals surface area contributed by atoms with Crippen LogP contribution in [0.25, 0.3) is 0 Å². The number of rotatable bonds is 10. The van der Waals surface area contributed by atoms with E-state index in [1.807, 2.05) is 32.0 Å². The number of nitrogens with one attached hydrogen (secondary N) is 1. The van der Waals surface area contributed by atoms with Crippen molar-refractivity contribution in [3.05, 3.63) is 94.5 Å². The average molecular weight is 582 g/mol. The Morgan fingerprint density at radius 2 is 1.68 bits per heavy atom. The molecule has 2 amide bonds. The van der Waals surface area contributed by atoms with Gasteiger partial charge >= 0.3 is 0 Å². The molecule has 1 saturated carbocycles. The minimum atomic E-state index is -4.10. The van der Waals surface area contributed by atoms with Crippen molar-refractivity contribution in [3.8, 4) is 0 Å². The number of hydrogen-bond donors (Lipinski definition) is 1. The molecule has 1 atom stereocenters. The maximum atomic E-state index is 14.1. The van der Waals surface area contributed by atoms with Crippen LogP contribution in [0.1, 0.15) is 49.3 Å². The topological polar surface area (TPSA) is 86.8 Å². The van der Waals surface area contributed by atoms with Gasteiger partial charge < -0.3 is 10.2 Å². The SMILES string of the molecule is Cc1ccc(C)c(N(CC(=O)N(Cc2cccc(Cl)c2)[C@H](C)C(=O)NC2CCCC2)S(=O)(=O)c2ccccc2)c1. The van der Waals surface area contributed by atoms with Crippen LogP contribution < -0.4 is 9.62 Å². The molecular weight excluding hydrogens is 546 g/mol. The van der Waals surface area contributed by atoms with Gasteiger partial charge in [0.05, 0.1) is 10.6 Å². The Bertz CT molecular complexity index is 1460. The third-order valence-electron chi connectivity index (χ3n) is 7.35. The molecule has 0 spiro atoms. The number of carbonyl (C=O) groups is 2. The van der Waals surface area contributed by atoms with Gasteiger partial charge in [-0.2, -0.15) is 0 Å². The van der Waals surface area contributed by atoms with E-state index in [1.165, 1.54) is 17.0 Å². The molecule has 0 heterocycles. The fourth-order valence-corrected chi connectivity index (χ4v) is 6.73. The Hall–Kier alpha value is -3.36. The van der Waals surface area contributed by atoms with Crippen LogP contribution in [0.5, 0.6) is 0 Å². The van der Waals surface area contributed by atoms with Gasteiger partial charge in [0, 0.05) is 17.6 Å². The first-order valence-corrected chi connectivity index (χ1v) is 15.4. The van der Waals surface area contributed by atoms with E-state index in [4.69, 9.17) is 11.6 Å². The normalized spacial score (nSPS) is 14.5. The molecule has 0 unspecified atom stereocenters. The van der Waals surface area contributed by atoms with Gasteiger partial charge in [-0.3, -0.25) is 13.9 Å². The molecule has 4 rings (SSSR count). The number of nitrogens with zero attached hydrogens (tertiary/aromatic N) is 2. The summed E-state index contributed by atoms with van der Waals surface area (Å²) in [4.78, 5) is 28.9. The molecule has 1 N–H and O–H groups in total. The molecule has 0 aromatic heterocycles. The molecule has 1 aliphatic carbocycles. The first kappa shape index (κ1) is 29.6. The highest BCUT2D eigenvalue weighted by Crippen LogP contribution is 2.29. The van der Waals surface area contributed by atoms with Gasteiger partial charge in [-0.1, -0.05) is 66.9 Å². The van der Waals surface area contributed by atoms with E-state index in [-0.39, 0.29) is 23.4 Å². The summed E-state index contributed by atoms with van der Waals surface area (Å²) in [5.74, 6) is -0.749. The lowest BCUT2D eigenvalue weighted by molar-refractivity contribution is -0.139. The molecule has 3 aromatic carbocycles. The van der Waals surface area contributed by atoms with E-state index in [1.54, 1.807) is 49.4 Å². The van der Waals surface area contributed by atoms with Crippen molar-refractivity contribution in [1.82, 2.24) is 10.2 Å². The van der Waals surface area contributed by atoms with E-state index < -0.39 is 28.5 Å². The lowest BCUT2D eigenvalue weighted by Crippen LogP contribution is -2.52. The standard InChI is InChI=1S/C31H36ClN3O4S/c1-22-16-17-23(2)29(18-22)35(40(38,39)28-14-5-4-6-15-28)21-30(36)34(20-25-10-9-11-26(32)19-25)24(3)31(37)33-27-12-7-8-13-27/h4-6,9-11,14-19,24,27H,7-8,12-13,20-21H2,1-3H3,(H,33,37)/t24-/m1/s1. The highest BCUT2D eigenvalue weighted by Gasteiger charge is 2.34. The zero-order valence-electron chi connectivity index (χ0n) is 23.1. The number of anilines is 1. The molecule has 0 radical (unpaired) electrons. The molecule has 3 aromatic rings. The van der Waals surface area contributed by atoms with Crippen molar-refractivity contribution < 1.29 is 18.0 Å². The lowest BCUT2D eigenvalue weighted by Gasteiger charge is -2.33. The van der Waals surface area contributed by atoms with Crippen molar-refractivity contribution in [3.63, 3.8) is 0 Å². The van der Waals surface area contributed by atoms with Crippen molar-refractivity contribution in [2.45, 2.75) is 70.0 Å². The Balaban J connectivity index is 1.71. The molecular formula is C31H36ClN3O4S. The largest absolute Gasteiger partial charge is 0.352 e. The summed E-state index contributed by atoms with van der Waals surface area (Å²) in [5, 5.41) is 3.59. The second kappa shape index (κ2) is 12.9. The fourth-order valence-electron chi connectivity index (χ4n) is 5.03. The Morgan fingerprint density at radius 1 is 0.975 bits per heavy atom. The van der Waals surface area contributed by atoms with Gasteiger partial charge in [0.25, 0.3) is 10.0 Å². The maximum absolute atomic E-state index is 14.1. The van der Waals surface area contributed by atoms with E-state index >= 15 is 0 Å². The Labute approximate surface area is 242 Å². The van der Waals surface area contributed by atoms with Crippen LogP contribution in [0, 0.1) is 13.8 Å². The molecule has 212 valence electrons. The molecule has 0 aliphatic heterocycles. The van der Waals surface area contributed by atoms with Crippen LogP contribution in [-0.4, -0.2) is 43.8 Å². The highest BCUT2D eigenvalue weighted by atomic mass is 35.5. The van der Waals surface area contributed by atoms with Crippen LogP contribution in [0.2, 0.25) is 5.02 Å². The predicted molar refractivity (Wildman–Crippen MR) is 159 cm³/mol. The summed E-state index contributed by atoms with van der Waals surface area (Å²) >= 11 is 6.22. The minimum absolute atomic E-state index is 0.0807. The van der Waals surface area contributed by atoms with E-state index in [2.05, 4.69) is 5.32 Å². The summed E-state index contributed by atoms with van der Waals surface area (Å²) in [6.07, 6.45) is 3.95. The number of hydrogen-bond acceptors (Lipinski definition) is 4. The number of amides is 2. The van der Waals surface area contributed by atoms with Crippen LogP contribution in [0.3, 0.4) is 0 Å². The van der Waals surface area contributed by atoms with Crippen molar-refractivity contribution in [1.29, 1.82) is 0 Å². The molecule has 0 saturated heterocycles. The number of halogens is 1. The van der Waals surface area contributed by atoms with E-state index in [0.717, 1.165) is 41.1 Å². The zero-order valence-corrected chi connectivity index (χ0v) is 24.7. The molecule has 7 nitrogen and oxygen atoms in total. The van der Waals surface area contributed by atoms with Crippen LogP contribution >= 0.6 is 11.6 Å². The van der Waals surface area contributed by atoms with Crippen LogP contribution in [0.4, 0.5) is 5.69 Å². The van der Waals surface area contributed by atoms with E-state index in [9.17, 15) is 18.0 Å². The molecule has 1 fully saturated rings. The zero-order chi connectivity index (χ0) is 28.9. The van der Waals surface area contributed by atoms with Crippen molar-refractivity contribution in [2.75, 3.05) is 10.8 Å². The van der Waals surface area contributed by atoms with Crippen molar-refractivity contribution in [2.24, 2.45) is 0 Å². The van der Waals surface area contributed by atoms with Gasteiger partial charge in [0.2, 0.25) is 11.8 Å². The van der Waals surface area contributed by atoms with Crippen LogP contribution in [-0.2, 0) is 26.2 Å². The Morgan fingerprint density at radius 3 is 2.35 bits per heavy atom. The maximum Gasteiger partial charge on any atom is 0.264 e. The minimum Gasteiger partial charge on any atom is -0.352 e. The summed E-state index contributed by atoms with van der Waals surface area (Å²) in [6.45, 7) is 5.00. The number of aryl methyl sites for hydroxylation is 2. The quantitative estimate of drug-likeness (QED) is 0.336.